The Morgan fingerprint density at radius 3 is 1.47 bits per heavy atom. The van der Waals surface area contributed by atoms with E-state index in [-0.39, 0.29) is 0 Å². The molecule has 2 heteroatoms. The molecule has 0 amide bonds. The normalized spacial score (nSPS) is 11.9. The second-order valence-electron chi connectivity index (χ2n) is 7.12. The van der Waals surface area contributed by atoms with E-state index < -0.39 is 0 Å². The van der Waals surface area contributed by atoms with Gasteiger partial charge >= 0.3 is 0 Å². The van der Waals surface area contributed by atoms with E-state index in [2.05, 4.69) is 43.3 Å². The lowest BCUT2D eigenvalue weighted by atomic mass is 9.99. The Morgan fingerprint density at radius 1 is 0.533 bits per heavy atom. The fourth-order valence-electron chi connectivity index (χ4n) is 3.10. The molecule has 0 bridgehead atoms. The fourth-order valence-corrected chi connectivity index (χ4v) is 3.10. The number of allylic oxidation sites excluding steroid dienone is 1. The minimum absolute atomic E-state index is 0.302. The van der Waals surface area contributed by atoms with Crippen LogP contribution in [0.15, 0.2) is 115 Å². The molecule has 148 valence electrons. The highest BCUT2D eigenvalue weighted by atomic mass is 16.5. The standard InChI is InChI=1S/C28H24O2/c1-22(24-16-20-28(21-17-24)30-26-10-6-3-7-11-26)12-13-23-14-18-27(19-15-23)29-25-8-4-2-5-9-25/h2-22H,1H3/b13-12+. The molecule has 0 aliphatic carbocycles. The van der Waals surface area contributed by atoms with Gasteiger partial charge in [-0.15, -0.1) is 0 Å². The van der Waals surface area contributed by atoms with Crippen LogP contribution in [0.5, 0.6) is 23.0 Å². The van der Waals surface area contributed by atoms with E-state index in [0.29, 0.717) is 5.92 Å². The number of hydrogen-bond acceptors (Lipinski definition) is 2. The third-order valence-electron chi connectivity index (χ3n) is 4.82. The Labute approximate surface area is 178 Å². The van der Waals surface area contributed by atoms with E-state index in [1.807, 2.05) is 84.9 Å². The molecule has 0 radical (unpaired) electrons. The van der Waals surface area contributed by atoms with Crippen molar-refractivity contribution in [2.75, 3.05) is 0 Å². The minimum atomic E-state index is 0.302. The zero-order chi connectivity index (χ0) is 20.6. The largest absolute Gasteiger partial charge is 0.457 e. The number of ether oxygens (including phenoxy) is 2. The van der Waals surface area contributed by atoms with Gasteiger partial charge in [0.05, 0.1) is 0 Å². The molecule has 0 saturated carbocycles. The number of hydrogen-bond donors (Lipinski definition) is 0. The molecule has 0 fully saturated rings. The van der Waals surface area contributed by atoms with Crippen LogP contribution in [0.2, 0.25) is 0 Å². The zero-order valence-electron chi connectivity index (χ0n) is 16.9. The first kappa shape index (κ1) is 19.5. The first-order valence-electron chi connectivity index (χ1n) is 10.1. The van der Waals surface area contributed by atoms with Crippen LogP contribution in [0.3, 0.4) is 0 Å². The average Bonchev–Trinajstić information content (AvgIpc) is 2.80. The minimum Gasteiger partial charge on any atom is -0.457 e. The average molecular weight is 392 g/mol. The van der Waals surface area contributed by atoms with Crippen molar-refractivity contribution in [2.24, 2.45) is 0 Å². The van der Waals surface area contributed by atoms with Crippen LogP contribution in [0, 0.1) is 0 Å². The topological polar surface area (TPSA) is 18.5 Å². The van der Waals surface area contributed by atoms with Crippen molar-refractivity contribution in [3.8, 4) is 23.0 Å². The highest BCUT2D eigenvalue weighted by Gasteiger charge is 2.03. The molecule has 0 N–H and O–H groups in total. The van der Waals surface area contributed by atoms with E-state index >= 15 is 0 Å². The van der Waals surface area contributed by atoms with Crippen molar-refractivity contribution >= 4 is 6.08 Å². The molecule has 1 unspecified atom stereocenters. The lowest BCUT2D eigenvalue weighted by Gasteiger charge is -2.10. The Kier molecular flexibility index (Phi) is 6.26. The lowest BCUT2D eigenvalue weighted by molar-refractivity contribution is 0.482. The first-order valence-corrected chi connectivity index (χ1v) is 10.1. The van der Waals surface area contributed by atoms with E-state index in [0.717, 1.165) is 28.6 Å². The maximum absolute atomic E-state index is 5.87. The fraction of sp³-hybridized carbons (Fsp3) is 0.0714. The highest BCUT2D eigenvalue weighted by Crippen LogP contribution is 2.26. The lowest BCUT2D eigenvalue weighted by Crippen LogP contribution is -1.90. The third kappa shape index (κ3) is 5.39. The molecule has 0 aliphatic heterocycles. The molecular weight excluding hydrogens is 368 g/mol. The summed E-state index contributed by atoms with van der Waals surface area (Å²) in [7, 11) is 0. The Morgan fingerprint density at radius 2 is 0.967 bits per heavy atom. The maximum atomic E-state index is 5.87. The summed E-state index contributed by atoms with van der Waals surface area (Å²) in [5, 5.41) is 0. The van der Waals surface area contributed by atoms with E-state index in [4.69, 9.17) is 9.47 Å². The van der Waals surface area contributed by atoms with Gasteiger partial charge in [-0.3, -0.25) is 0 Å². The summed E-state index contributed by atoms with van der Waals surface area (Å²) in [6.07, 6.45) is 4.35. The predicted molar refractivity (Wildman–Crippen MR) is 123 cm³/mol. The van der Waals surface area contributed by atoms with Gasteiger partial charge in [0.1, 0.15) is 23.0 Å². The zero-order valence-corrected chi connectivity index (χ0v) is 16.9. The van der Waals surface area contributed by atoms with Gasteiger partial charge in [-0.05, 0) is 65.6 Å². The van der Waals surface area contributed by atoms with E-state index in [1.54, 1.807) is 0 Å². The molecule has 2 nitrogen and oxygen atoms in total. The second-order valence-corrected chi connectivity index (χ2v) is 7.12. The molecule has 1 atom stereocenters. The van der Waals surface area contributed by atoms with Gasteiger partial charge < -0.3 is 9.47 Å². The van der Waals surface area contributed by atoms with Crippen molar-refractivity contribution in [2.45, 2.75) is 12.8 Å². The predicted octanol–water partition coefficient (Wildman–Crippen LogP) is 8.09. The van der Waals surface area contributed by atoms with Crippen LogP contribution < -0.4 is 9.47 Å². The maximum Gasteiger partial charge on any atom is 0.127 e. The summed E-state index contributed by atoms with van der Waals surface area (Å²) in [6, 6.07) is 36.0. The van der Waals surface area contributed by atoms with Crippen LogP contribution in [0.25, 0.3) is 6.08 Å². The molecule has 0 heterocycles. The summed E-state index contributed by atoms with van der Waals surface area (Å²) in [6.45, 7) is 2.19. The van der Waals surface area contributed by atoms with Gasteiger partial charge in [0.25, 0.3) is 0 Å². The van der Waals surface area contributed by atoms with Crippen LogP contribution in [-0.4, -0.2) is 0 Å². The van der Waals surface area contributed by atoms with Gasteiger partial charge in [-0.2, -0.15) is 0 Å². The van der Waals surface area contributed by atoms with E-state index in [9.17, 15) is 0 Å². The van der Waals surface area contributed by atoms with Crippen molar-refractivity contribution in [1.82, 2.24) is 0 Å². The summed E-state index contributed by atoms with van der Waals surface area (Å²) in [4.78, 5) is 0. The number of rotatable bonds is 7. The van der Waals surface area contributed by atoms with Crippen molar-refractivity contribution in [3.63, 3.8) is 0 Å². The van der Waals surface area contributed by atoms with E-state index in [1.165, 1.54) is 5.56 Å². The van der Waals surface area contributed by atoms with Crippen LogP contribution in [0.1, 0.15) is 24.0 Å². The van der Waals surface area contributed by atoms with Crippen LogP contribution >= 0.6 is 0 Å². The molecule has 4 rings (SSSR count). The molecule has 0 aromatic heterocycles. The van der Waals surface area contributed by atoms with Gasteiger partial charge in [-0.1, -0.05) is 79.7 Å². The Bertz CT molecular complexity index is 1070. The van der Waals surface area contributed by atoms with Crippen molar-refractivity contribution < 1.29 is 9.47 Å². The highest BCUT2D eigenvalue weighted by molar-refractivity contribution is 5.52. The molecule has 0 saturated heterocycles. The monoisotopic (exact) mass is 392 g/mol. The second kappa shape index (κ2) is 9.62. The van der Waals surface area contributed by atoms with Crippen molar-refractivity contribution in [1.29, 1.82) is 0 Å². The van der Waals surface area contributed by atoms with Gasteiger partial charge in [0, 0.05) is 0 Å². The van der Waals surface area contributed by atoms with Gasteiger partial charge in [0.15, 0.2) is 0 Å². The van der Waals surface area contributed by atoms with Gasteiger partial charge in [-0.25, -0.2) is 0 Å². The smallest absolute Gasteiger partial charge is 0.127 e. The summed E-state index contributed by atoms with van der Waals surface area (Å²) in [5.74, 6) is 3.67. The SMILES string of the molecule is CC(/C=C/c1ccc(Oc2ccccc2)cc1)c1ccc(Oc2ccccc2)cc1. The molecular formula is C28H24O2. The molecule has 0 aliphatic rings. The first-order chi connectivity index (χ1) is 14.8. The number of benzene rings is 4. The molecule has 4 aromatic carbocycles. The Balaban J connectivity index is 1.35. The molecule has 0 spiro atoms. The summed E-state index contributed by atoms with van der Waals surface area (Å²) < 4.78 is 11.7. The number of para-hydroxylation sites is 2. The Hall–Kier alpha value is -3.78. The quantitative estimate of drug-likeness (QED) is 0.316. The summed E-state index contributed by atoms with van der Waals surface area (Å²) in [5.41, 5.74) is 2.39. The summed E-state index contributed by atoms with van der Waals surface area (Å²) >= 11 is 0. The molecule has 4 aromatic rings. The van der Waals surface area contributed by atoms with Crippen LogP contribution in [0.4, 0.5) is 0 Å². The van der Waals surface area contributed by atoms with Gasteiger partial charge in [0.2, 0.25) is 0 Å². The third-order valence-corrected chi connectivity index (χ3v) is 4.82. The molecule has 30 heavy (non-hydrogen) atoms. The van der Waals surface area contributed by atoms with Crippen LogP contribution in [-0.2, 0) is 0 Å². The van der Waals surface area contributed by atoms with Crippen molar-refractivity contribution in [3.05, 3.63) is 126 Å².